The Labute approximate surface area is 192 Å². The lowest BCUT2D eigenvalue weighted by molar-refractivity contribution is 0.218. The van der Waals surface area contributed by atoms with E-state index in [0.717, 1.165) is 41.7 Å². The second-order valence-corrected chi connectivity index (χ2v) is 9.83. The summed E-state index contributed by atoms with van der Waals surface area (Å²) in [6.07, 6.45) is 1.88. The normalized spacial score (nSPS) is 12.2. The number of H-pyrrole nitrogens is 1. The molecule has 1 N–H and O–H groups in total. The van der Waals surface area contributed by atoms with E-state index >= 15 is 0 Å². The third kappa shape index (κ3) is 4.81. The maximum absolute atomic E-state index is 12.9. The zero-order valence-corrected chi connectivity index (χ0v) is 19.9. The molecule has 0 radical (unpaired) electrons. The van der Waals surface area contributed by atoms with Crippen molar-refractivity contribution in [3.63, 3.8) is 0 Å². The Morgan fingerprint density at radius 3 is 2.69 bits per heavy atom. The predicted molar refractivity (Wildman–Crippen MR) is 129 cm³/mol. The highest BCUT2D eigenvalue weighted by atomic mass is 32.1. The molecule has 0 unspecified atom stereocenters. The molecule has 0 aliphatic heterocycles. The molecule has 0 amide bonds. The van der Waals surface area contributed by atoms with Crippen molar-refractivity contribution < 1.29 is 0 Å². The number of hydrogen-bond acceptors (Lipinski definition) is 6. The molecule has 0 saturated carbocycles. The van der Waals surface area contributed by atoms with Crippen molar-refractivity contribution in [2.24, 2.45) is 0 Å². The predicted octanol–water partition coefficient (Wildman–Crippen LogP) is 4.49. The molecule has 0 fully saturated rings. The highest BCUT2D eigenvalue weighted by Gasteiger charge is 2.25. The van der Waals surface area contributed by atoms with Gasteiger partial charge in [-0.25, -0.2) is 4.68 Å². The van der Waals surface area contributed by atoms with E-state index in [1.54, 1.807) is 11.3 Å². The fraction of sp³-hybridized carbons (Fsp3) is 0.417. The molecule has 168 valence electrons. The maximum Gasteiger partial charge on any atom is 0.252 e. The zero-order chi connectivity index (χ0) is 22.7. The first kappa shape index (κ1) is 22.4. The summed E-state index contributed by atoms with van der Waals surface area (Å²) >= 11 is 1.71. The van der Waals surface area contributed by atoms with E-state index in [4.69, 9.17) is 0 Å². The van der Waals surface area contributed by atoms with Crippen molar-refractivity contribution >= 4 is 22.2 Å². The van der Waals surface area contributed by atoms with Crippen LogP contribution in [0.25, 0.3) is 10.9 Å². The van der Waals surface area contributed by atoms with E-state index in [1.165, 1.54) is 10.4 Å². The minimum Gasteiger partial charge on any atom is -0.322 e. The molecule has 0 atom stereocenters. The molecule has 0 spiro atoms. The Balaban J connectivity index is 1.67. The molecule has 8 heteroatoms. The molecule has 1 aromatic carbocycles. The van der Waals surface area contributed by atoms with Crippen molar-refractivity contribution in [3.05, 3.63) is 74.0 Å². The van der Waals surface area contributed by atoms with E-state index < -0.39 is 0 Å². The highest BCUT2D eigenvalue weighted by Crippen LogP contribution is 2.22. The van der Waals surface area contributed by atoms with Gasteiger partial charge in [0.15, 0.2) is 5.82 Å². The Kier molecular flexibility index (Phi) is 6.53. The Bertz CT molecular complexity index is 1240. The molecule has 0 bridgehead atoms. The number of nitrogens with zero attached hydrogens (tertiary/aromatic N) is 5. The van der Waals surface area contributed by atoms with Crippen LogP contribution in [0.1, 0.15) is 55.9 Å². The number of aromatic amines is 1. The SMILES string of the molecule is CCc1ccc2[nH]c(=O)c(CN(Cc3cccs3)Cc3nnnn3C(C)(C)CC)cc2c1. The van der Waals surface area contributed by atoms with Crippen LogP contribution in [-0.4, -0.2) is 30.1 Å². The standard InChI is InChI=1S/C24H30N6OS/c1-5-17-9-10-21-18(12-17)13-19(23(31)25-21)14-29(15-20-8-7-11-32-20)16-22-26-27-28-30(22)24(3,4)6-2/h7-13H,5-6,14-16H2,1-4H3,(H,25,31). The summed E-state index contributed by atoms with van der Waals surface area (Å²) in [5.41, 5.74) is 2.65. The van der Waals surface area contributed by atoms with Crippen molar-refractivity contribution in [1.82, 2.24) is 30.1 Å². The molecule has 0 aliphatic carbocycles. The van der Waals surface area contributed by atoms with Crippen molar-refractivity contribution in [2.45, 2.75) is 65.7 Å². The van der Waals surface area contributed by atoms with Crippen LogP contribution in [-0.2, 0) is 31.6 Å². The van der Waals surface area contributed by atoms with Gasteiger partial charge in [-0.05, 0) is 77.7 Å². The van der Waals surface area contributed by atoms with Gasteiger partial charge in [-0.3, -0.25) is 9.69 Å². The number of rotatable bonds is 9. The Hall–Kier alpha value is -2.84. The van der Waals surface area contributed by atoms with Crippen LogP contribution in [0.5, 0.6) is 0 Å². The van der Waals surface area contributed by atoms with Gasteiger partial charge >= 0.3 is 0 Å². The first-order valence-corrected chi connectivity index (χ1v) is 11.9. The second kappa shape index (κ2) is 9.34. The second-order valence-electron chi connectivity index (χ2n) is 8.80. The minimum atomic E-state index is -0.176. The minimum absolute atomic E-state index is 0.0496. The summed E-state index contributed by atoms with van der Waals surface area (Å²) in [7, 11) is 0. The molecule has 4 rings (SSSR count). The first-order chi connectivity index (χ1) is 15.4. The third-order valence-electron chi connectivity index (χ3n) is 6.09. The molecular formula is C24H30N6OS. The zero-order valence-electron chi connectivity index (χ0n) is 19.1. The number of fused-ring (bicyclic) bond motifs is 1. The summed E-state index contributed by atoms with van der Waals surface area (Å²) in [5, 5.41) is 15.7. The number of benzene rings is 1. The van der Waals surface area contributed by atoms with Crippen LogP contribution < -0.4 is 5.56 Å². The highest BCUT2D eigenvalue weighted by molar-refractivity contribution is 7.09. The Morgan fingerprint density at radius 2 is 1.97 bits per heavy atom. The lowest BCUT2D eigenvalue weighted by Crippen LogP contribution is -2.32. The van der Waals surface area contributed by atoms with Crippen LogP contribution >= 0.6 is 11.3 Å². The van der Waals surface area contributed by atoms with Gasteiger partial charge in [0.1, 0.15) is 0 Å². The van der Waals surface area contributed by atoms with Crippen molar-refractivity contribution in [3.8, 4) is 0 Å². The van der Waals surface area contributed by atoms with Gasteiger partial charge in [0, 0.05) is 29.0 Å². The third-order valence-corrected chi connectivity index (χ3v) is 6.95. The van der Waals surface area contributed by atoms with Crippen LogP contribution in [0.15, 0.2) is 46.6 Å². The Morgan fingerprint density at radius 1 is 1.12 bits per heavy atom. The van der Waals surface area contributed by atoms with E-state index in [1.807, 2.05) is 16.8 Å². The van der Waals surface area contributed by atoms with Gasteiger partial charge in [0.2, 0.25) is 0 Å². The van der Waals surface area contributed by atoms with Crippen LogP contribution in [0.2, 0.25) is 0 Å². The fourth-order valence-electron chi connectivity index (χ4n) is 3.79. The first-order valence-electron chi connectivity index (χ1n) is 11.1. The van der Waals surface area contributed by atoms with Gasteiger partial charge < -0.3 is 4.98 Å². The topological polar surface area (TPSA) is 79.7 Å². The van der Waals surface area contributed by atoms with E-state index in [2.05, 4.69) is 82.7 Å². The molecule has 3 aromatic heterocycles. The summed E-state index contributed by atoms with van der Waals surface area (Å²) in [6, 6.07) is 12.4. The van der Waals surface area contributed by atoms with Crippen molar-refractivity contribution in [1.29, 1.82) is 0 Å². The smallest absolute Gasteiger partial charge is 0.252 e. The summed E-state index contributed by atoms with van der Waals surface area (Å²) in [6.45, 7) is 10.3. The maximum atomic E-state index is 12.9. The number of aromatic nitrogens is 5. The number of thiophene rings is 1. The summed E-state index contributed by atoms with van der Waals surface area (Å²) in [4.78, 5) is 19.4. The van der Waals surface area contributed by atoms with E-state index in [0.29, 0.717) is 13.1 Å². The fourth-order valence-corrected chi connectivity index (χ4v) is 4.54. The number of aryl methyl sites for hydroxylation is 1. The van der Waals surface area contributed by atoms with Gasteiger partial charge in [-0.1, -0.05) is 26.0 Å². The largest absolute Gasteiger partial charge is 0.322 e. The van der Waals surface area contributed by atoms with Gasteiger partial charge in [0.05, 0.1) is 12.1 Å². The van der Waals surface area contributed by atoms with Gasteiger partial charge in [0.25, 0.3) is 5.56 Å². The monoisotopic (exact) mass is 450 g/mol. The average Bonchev–Trinajstić information content (AvgIpc) is 3.46. The number of hydrogen-bond donors (Lipinski definition) is 1. The summed E-state index contributed by atoms with van der Waals surface area (Å²) in [5.74, 6) is 0.805. The lowest BCUT2D eigenvalue weighted by Gasteiger charge is -2.26. The molecule has 32 heavy (non-hydrogen) atoms. The molecule has 0 saturated heterocycles. The van der Waals surface area contributed by atoms with Crippen molar-refractivity contribution in [2.75, 3.05) is 0 Å². The quantitative estimate of drug-likeness (QED) is 0.407. The summed E-state index contributed by atoms with van der Waals surface area (Å²) < 4.78 is 1.91. The molecule has 0 aliphatic rings. The van der Waals surface area contributed by atoms with E-state index in [-0.39, 0.29) is 11.1 Å². The van der Waals surface area contributed by atoms with E-state index in [9.17, 15) is 4.79 Å². The molecule has 7 nitrogen and oxygen atoms in total. The van der Waals surface area contributed by atoms with Crippen LogP contribution in [0.4, 0.5) is 0 Å². The molecule has 4 aromatic rings. The van der Waals surface area contributed by atoms with Crippen LogP contribution in [0, 0.1) is 0 Å². The number of tetrazole rings is 1. The number of pyridine rings is 1. The van der Waals surface area contributed by atoms with Crippen LogP contribution in [0.3, 0.4) is 0 Å². The average molecular weight is 451 g/mol. The van der Waals surface area contributed by atoms with Gasteiger partial charge in [-0.15, -0.1) is 16.4 Å². The molecule has 3 heterocycles. The lowest BCUT2D eigenvalue weighted by atomic mass is 10.0. The van der Waals surface area contributed by atoms with Gasteiger partial charge in [-0.2, -0.15) is 0 Å². The number of nitrogens with one attached hydrogen (secondary N) is 1. The molecular weight excluding hydrogens is 420 g/mol.